The van der Waals surface area contributed by atoms with Crippen molar-refractivity contribution in [2.45, 2.75) is 6.42 Å². The molecule has 0 aliphatic rings. The molecular weight excluding hydrogens is 232 g/mol. The van der Waals surface area contributed by atoms with E-state index in [-0.39, 0.29) is 11.5 Å². The van der Waals surface area contributed by atoms with Gasteiger partial charge in [-0.25, -0.2) is 4.79 Å². The van der Waals surface area contributed by atoms with E-state index in [2.05, 4.69) is 0 Å². The Hall–Kier alpha value is -2.57. The number of benzene rings is 1. The highest BCUT2D eigenvalue weighted by atomic mass is 16.4. The van der Waals surface area contributed by atoms with Crippen molar-refractivity contribution in [3.8, 4) is 11.5 Å². The average molecular weight is 242 g/mol. The SMILES string of the molecule is O=C(O)CC(=O)C(=O)O.Oc1ccc(O)cc1. The summed E-state index contributed by atoms with van der Waals surface area (Å²) in [5.41, 5.74) is 0. The van der Waals surface area contributed by atoms with Crippen LogP contribution in [0, 0.1) is 0 Å². The summed E-state index contributed by atoms with van der Waals surface area (Å²) in [6.45, 7) is 0. The predicted molar refractivity (Wildman–Crippen MR) is 54.7 cm³/mol. The Morgan fingerprint density at radius 2 is 1.24 bits per heavy atom. The third kappa shape index (κ3) is 7.37. The summed E-state index contributed by atoms with van der Waals surface area (Å²) >= 11 is 0. The second kappa shape index (κ2) is 6.83. The molecule has 0 unspecified atom stereocenters. The summed E-state index contributed by atoms with van der Waals surface area (Å²) in [6, 6.07) is 5.70. The highest BCUT2D eigenvalue weighted by Crippen LogP contribution is 2.13. The summed E-state index contributed by atoms with van der Waals surface area (Å²) in [4.78, 5) is 29.2. The van der Waals surface area contributed by atoms with Crippen LogP contribution in [0.1, 0.15) is 6.42 Å². The van der Waals surface area contributed by atoms with Gasteiger partial charge in [-0.3, -0.25) is 9.59 Å². The van der Waals surface area contributed by atoms with Crippen LogP contribution in [0.4, 0.5) is 0 Å². The lowest BCUT2D eigenvalue weighted by molar-refractivity contribution is -0.152. The molecule has 0 fully saturated rings. The molecule has 0 radical (unpaired) electrons. The highest BCUT2D eigenvalue weighted by molar-refractivity contribution is 6.35. The van der Waals surface area contributed by atoms with E-state index >= 15 is 0 Å². The smallest absolute Gasteiger partial charge is 0.372 e. The maximum atomic E-state index is 9.97. The first-order valence-electron chi connectivity index (χ1n) is 4.29. The van der Waals surface area contributed by atoms with Gasteiger partial charge in [0.15, 0.2) is 0 Å². The van der Waals surface area contributed by atoms with Crippen molar-refractivity contribution in [2.24, 2.45) is 0 Å². The molecule has 0 aliphatic carbocycles. The molecule has 7 nitrogen and oxygen atoms in total. The van der Waals surface area contributed by atoms with E-state index in [1.807, 2.05) is 0 Å². The lowest BCUT2D eigenvalue weighted by atomic mass is 10.3. The fourth-order valence-corrected chi connectivity index (χ4v) is 0.666. The van der Waals surface area contributed by atoms with Crippen LogP contribution in [0.5, 0.6) is 11.5 Å². The Morgan fingerprint density at radius 3 is 1.41 bits per heavy atom. The number of hydrogen-bond acceptors (Lipinski definition) is 5. The molecule has 0 heterocycles. The Labute approximate surface area is 95.6 Å². The largest absolute Gasteiger partial charge is 0.508 e. The van der Waals surface area contributed by atoms with Crippen molar-refractivity contribution < 1.29 is 34.8 Å². The zero-order valence-electron chi connectivity index (χ0n) is 8.53. The van der Waals surface area contributed by atoms with E-state index in [0.717, 1.165) is 0 Å². The molecule has 1 aromatic carbocycles. The number of aliphatic carboxylic acids is 2. The van der Waals surface area contributed by atoms with Gasteiger partial charge in [0.05, 0.1) is 0 Å². The zero-order chi connectivity index (χ0) is 13.4. The summed E-state index contributed by atoms with van der Waals surface area (Å²) in [6.07, 6.45) is -0.949. The molecule has 0 bridgehead atoms. The average Bonchev–Trinajstić information content (AvgIpc) is 2.22. The minimum absolute atomic E-state index is 0.169. The van der Waals surface area contributed by atoms with Crippen LogP contribution in [0.25, 0.3) is 0 Å². The van der Waals surface area contributed by atoms with E-state index in [4.69, 9.17) is 20.4 Å². The number of carbonyl (C=O) groups is 3. The molecule has 1 rings (SSSR count). The number of carbonyl (C=O) groups excluding carboxylic acids is 1. The number of phenolic OH excluding ortho intramolecular Hbond substituents is 2. The molecule has 7 heteroatoms. The Balaban J connectivity index is 0.000000302. The molecule has 1 aromatic rings. The first kappa shape index (κ1) is 14.4. The number of carboxylic acids is 2. The van der Waals surface area contributed by atoms with Crippen LogP contribution < -0.4 is 0 Å². The van der Waals surface area contributed by atoms with Crippen molar-refractivity contribution in [1.29, 1.82) is 0 Å². The molecular formula is C10H10O7. The second-order valence-electron chi connectivity index (χ2n) is 2.82. The van der Waals surface area contributed by atoms with E-state index in [9.17, 15) is 14.4 Å². The van der Waals surface area contributed by atoms with Gasteiger partial charge >= 0.3 is 11.9 Å². The fourth-order valence-electron chi connectivity index (χ4n) is 0.666. The number of hydrogen-bond donors (Lipinski definition) is 4. The predicted octanol–water partition coefficient (Wildman–Crippen LogP) is 0.213. The zero-order valence-corrected chi connectivity index (χ0v) is 8.53. The van der Waals surface area contributed by atoms with E-state index in [0.29, 0.717) is 0 Å². The van der Waals surface area contributed by atoms with Gasteiger partial charge in [-0.15, -0.1) is 0 Å². The molecule has 17 heavy (non-hydrogen) atoms. The van der Waals surface area contributed by atoms with Crippen molar-refractivity contribution >= 4 is 17.7 Å². The minimum Gasteiger partial charge on any atom is -0.508 e. The van der Waals surface area contributed by atoms with Crippen LogP contribution in [0.3, 0.4) is 0 Å². The first-order valence-corrected chi connectivity index (χ1v) is 4.29. The van der Waals surface area contributed by atoms with Crippen LogP contribution in [0.15, 0.2) is 24.3 Å². The Morgan fingerprint density at radius 1 is 0.882 bits per heavy atom. The van der Waals surface area contributed by atoms with E-state index in [1.54, 1.807) is 0 Å². The van der Waals surface area contributed by atoms with Gasteiger partial charge < -0.3 is 20.4 Å². The number of carboxylic acid groups (broad SMARTS) is 2. The maximum Gasteiger partial charge on any atom is 0.372 e. The monoisotopic (exact) mass is 242 g/mol. The van der Waals surface area contributed by atoms with Crippen LogP contribution in [-0.2, 0) is 14.4 Å². The van der Waals surface area contributed by atoms with Gasteiger partial charge in [-0.1, -0.05) is 0 Å². The van der Waals surface area contributed by atoms with Gasteiger partial charge in [-0.05, 0) is 24.3 Å². The maximum absolute atomic E-state index is 9.97. The summed E-state index contributed by atoms with van der Waals surface area (Å²) in [5, 5.41) is 33.0. The van der Waals surface area contributed by atoms with Crippen molar-refractivity contribution in [3.05, 3.63) is 24.3 Å². The molecule has 0 saturated carbocycles. The quantitative estimate of drug-likeness (QED) is 0.338. The summed E-state index contributed by atoms with van der Waals surface area (Å²) in [5.74, 6) is -4.10. The molecule has 0 amide bonds. The number of ketones is 1. The molecule has 4 N–H and O–H groups in total. The van der Waals surface area contributed by atoms with Gasteiger partial charge in [0.1, 0.15) is 17.9 Å². The van der Waals surface area contributed by atoms with Gasteiger partial charge in [-0.2, -0.15) is 0 Å². The summed E-state index contributed by atoms with van der Waals surface area (Å²) < 4.78 is 0. The van der Waals surface area contributed by atoms with Gasteiger partial charge in [0.25, 0.3) is 5.78 Å². The van der Waals surface area contributed by atoms with Crippen molar-refractivity contribution in [2.75, 3.05) is 0 Å². The third-order valence-corrected chi connectivity index (χ3v) is 1.40. The Bertz CT molecular complexity index is 386. The number of rotatable bonds is 3. The van der Waals surface area contributed by atoms with E-state index < -0.39 is 24.1 Å². The van der Waals surface area contributed by atoms with Gasteiger partial charge in [0, 0.05) is 0 Å². The topological polar surface area (TPSA) is 132 Å². The molecule has 0 atom stereocenters. The van der Waals surface area contributed by atoms with E-state index in [1.165, 1.54) is 24.3 Å². The molecule has 0 aliphatic heterocycles. The lowest BCUT2D eigenvalue weighted by Gasteiger charge is -1.88. The number of phenols is 2. The highest BCUT2D eigenvalue weighted by Gasteiger charge is 2.14. The van der Waals surface area contributed by atoms with Crippen molar-refractivity contribution in [3.63, 3.8) is 0 Å². The molecule has 0 spiro atoms. The fraction of sp³-hybridized carbons (Fsp3) is 0.100. The summed E-state index contributed by atoms with van der Waals surface area (Å²) in [7, 11) is 0. The third-order valence-electron chi connectivity index (χ3n) is 1.40. The number of Topliss-reactive ketones (excluding diaryl/α,β-unsaturated/α-hetero) is 1. The van der Waals surface area contributed by atoms with Crippen LogP contribution in [-0.4, -0.2) is 38.1 Å². The van der Waals surface area contributed by atoms with Gasteiger partial charge in [0.2, 0.25) is 0 Å². The molecule has 0 aromatic heterocycles. The minimum atomic E-state index is -1.71. The second-order valence-corrected chi connectivity index (χ2v) is 2.82. The number of aromatic hydroxyl groups is 2. The van der Waals surface area contributed by atoms with Crippen LogP contribution in [0.2, 0.25) is 0 Å². The first-order chi connectivity index (χ1) is 7.82. The Kier molecular flexibility index (Phi) is 5.80. The normalized spacial score (nSPS) is 8.71. The lowest BCUT2D eigenvalue weighted by Crippen LogP contribution is -2.16. The molecule has 0 saturated heterocycles. The van der Waals surface area contributed by atoms with Crippen molar-refractivity contribution in [1.82, 2.24) is 0 Å². The van der Waals surface area contributed by atoms with Crippen LogP contribution >= 0.6 is 0 Å². The standard InChI is InChI=1S/C6H6O2.C4H4O5/c7-5-1-2-6(8)4-3-5;5-2(4(8)9)1-3(6)7/h1-4,7-8H;1H2,(H,6,7)(H,8,9). The molecule has 92 valence electrons.